The summed E-state index contributed by atoms with van der Waals surface area (Å²) in [7, 11) is 0. The molecule has 0 spiro atoms. The minimum atomic E-state index is -0.246. The third-order valence-corrected chi connectivity index (χ3v) is 4.16. The van der Waals surface area contributed by atoms with Crippen LogP contribution in [0.5, 0.6) is 11.5 Å². The van der Waals surface area contributed by atoms with Crippen molar-refractivity contribution in [2.45, 2.75) is 27.2 Å². The topological polar surface area (TPSA) is 60.8 Å². The van der Waals surface area contributed by atoms with Crippen molar-refractivity contribution >= 4 is 5.78 Å². The van der Waals surface area contributed by atoms with Crippen molar-refractivity contribution < 1.29 is 15.0 Å². The highest BCUT2D eigenvalue weighted by atomic mass is 16.3. The van der Waals surface area contributed by atoms with E-state index in [1.54, 1.807) is 6.07 Å². The summed E-state index contributed by atoms with van der Waals surface area (Å²) in [6, 6.07) is 4.23. The molecule has 110 valence electrons. The number of rotatable bonds is 3. The SMILES string of the molecule is CC(C)(C)C1CCN(CC(=O)c2ccc(O)c(O)c2)C1. The Kier molecular flexibility index (Phi) is 4.04. The third-order valence-electron chi connectivity index (χ3n) is 4.16. The van der Waals surface area contributed by atoms with Gasteiger partial charge in [0.05, 0.1) is 6.54 Å². The summed E-state index contributed by atoms with van der Waals surface area (Å²) >= 11 is 0. The van der Waals surface area contributed by atoms with Gasteiger partial charge in [0.25, 0.3) is 0 Å². The summed E-state index contributed by atoms with van der Waals surface area (Å²) in [6.07, 6.45) is 1.12. The molecule has 0 bridgehead atoms. The lowest BCUT2D eigenvalue weighted by atomic mass is 9.80. The van der Waals surface area contributed by atoms with E-state index >= 15 is 0 Å². The van der Waals surface area contributed by atoms with E-state index in [1.807, 2.05) is 0 Å². The number of hydrogen-bond acceptors (Lipinski definition) is 4. The summed E-state index contributed by atoms with van der Waals surface area (Å²) in [5.41, 5.74) is 0.716. The fraction of sp³-hybridized carbons (Fsp3) is 0.562. The van der Waals surface area contributed by atoms with Gasteiger partial charge in [-0.2, -0.15) is 0 Å². The minimum absolute atomic E-state index is 0.0186. The predicted octanol–water partition coefficient (Wildman–Crippen LogP) is 2.65. The smallest absolute Gasteiger partial charge is 0.176 e. The Balaban J connectivity index is 1.97. The molecule has 1 aliphatic heterocycles. The molecule has 0 aromatic heterocycles. The molecule has 1 atom stereocenters. The maximum Gasteiger partial charge on any atom is 0.176 e. The molecule has 4 nitrogen and oxygen atoms in total. The summed E-state index contributed by atoms with van der Waals surface area (Å²) in [4.78, 5) is 14.4. The third kappa shape index (κ3) is 3.31. The molecule has 4 heteroatoms. The van der Waals surface area contributed by atoms with Crippen molar-refractivity contribution in [1.29, 1.82) is 0 Å². The zero-order chi connectivity index (χ0) is 14.9. The Morgan fingerprint density at radius 3 is 2.55 bits per heavy atom. The number of Topliss-reactive ketones (excluding diaryl/α,β-unsaturated/α-hetero) is 1. The van der Waals surface area contributed by atoms with Gasteiger partial charge >= 0.3 is 0 Å². The number of hydrogen-bond donors (Lipinski definition) is 2. The fourth-order valence-corrected chi connectivity index (χ4v) is 2.67. The predicted molar refractivity (Wildman–Crippen MR) is 78.1 cm³/mol. The van der Waals surface area contributed by atoms with Crippen molar-refractivity contribution in [1.82, 2.24) is 4.90 Å². The van der Waals surface area contributed by atoms with E-state index in [-0.39, 0.29) is 22.7 Å². The van der Waals surface area contributed by atoms with Crippen LogP contribution in [0.25, 0.3) is 0 Å². The van der Waals surface area contributed by atoms with E-state index in [1.165, 1.54) is 12.1 Å². The molecule has 0 amide bonds. The average molecular weight is 277 g/mol. The first-order valence-electron chi connectivity index (χ1n) is 7.05. The van der Waals surface area contributed by atoms with Crippen LogP contribution < -0.4 is 0 Å². The van der Waals surface area contributed by atoms with E-state index in [0.717, 1.165) is 19.5 Å². The van der Waals surface area contributed by atoms with Crippen molar-refractivity contribution in [3.8, 4) is 11.5 Å². The first kappa shape index (κ1) is 14.9. The molecule has 1 unspecified atom stereocenters. The molecule has 0 radical (unpaired) electrons. The molecule has 1 saturated heterocycles. The molecule has 1 aliphatic rings. The van der Waals surface area contributed by atoms with Crippen LogP contribution in [-0.2, 0) is 0 Å². The van der Waals surface area contributed by atoms with Crippen LogP contribution in [-0.4, -0.2) is 40.5 Å². The zero-order valence-electron chi connectivity index (χ0n) is 12.4. The Morgan fingerprint density at radius 1 is 1.30 bits per heavy atom. The van der Waals surface area contributed by atoms with E-state index in [4.69, 9.17) is 0 Å². The second-order valence-corrected chi connectivity index (χ2v) is 6.71. The largest absolute Gasteiger partial charge is 0.504 e. The lowest BCUT2D eigenvalue weighted by Gasteiger charge is -2.27. The Morgan fingerprint density at radius 2 is 2.00 bits per heavy atom. The first-order valence-corrected chi connectivity index (χ1v) is 7.05. The number of likely N-dealkylation sites (tertiary alicyclic amines) is 1. The van der Waals surface area contributed by atoms with Crippen LogP contribution >= 0.6 is 0 Å². The summed E-state index contributed by atoms with van der Waals surface area (Å²) in [6.45, 7) is 8.97. The Hall–Kier alpha value is -1.55. The summed E-state index contributed by atoms with van der Waals surface area (Å²) in [5.74, 6) is 0.152. The Labute approximate surface area is 120 Å². The van der Waals surface area contributed by atoms with E-state index in [9.17, 15) is 15.0 Å². The van der Waals surface area contributed by atoms with Gasteiger partial charge in [0.2, 0.25) is 0 Å². The van der Waals surface area contributed by atoms with Gasteiger partial charge in [0.15, 0.2) is 17.3 Å². The van der Waals surface area contributed by atoms with Crippen LogP contribution in [0.1, 0.15) is 37.6 Å². The lowest BCUT2D eigenvalue weighted by molar-refractivity contribution is 0.0937. The van der Waals surface area contributed by atoms with Gasteiger partial charge in [0, 0.05) is 12.1 Å². The molecule has 1 fully saturated rings. The summed E-state index contributed by atoms with van der Waals surface area (Å²) in [5, 5.41) is 18.7. The quantitative estimate of drug-likeness (QED) is 0.658. The number of phenolic OH excluding ortho intramolecular Hbond substituents is 2. The van der Waals surface area contributed by atoms with Crippen LogP contribution in [0.4, 0.5) is 0 Å². The number of carbonyl (C=O) groups is 1. The molecule has 2 rings (SSSR count). The average Bonchev–Trinajstić information content (AvgIpc) is 2.81. The molecule has 1 aromatic carbocycles. The number of benzene rings is 1. The maximum absolute atomic E-state index is 12.2. The van der Waals surface area contributed by atoms with Crippen molar-refractivity contribution in [3.63, 3.8) is 0 Å². The van der Waals surface area contributed by atoms with Crippen molar-refractivity contribution in [2.24, 2.45) is 11.3 Å². The molecule has 0 aliphatic carbocycles. The zero-order valence-corrected chi connectivity index (χ0v) is 12.4. The number of carbonyl (C=O) groups excluding carboxylic acids is 1. The normalized spacial score (nSPS) is 20.2. The monoisotopic (exact) mass is 277 g/mol. The lowest BCUT2D eigenvalue weighted by Crippen LogP contribution is -2.30. The highest BCUT2D eigenvalue weighted by Crippen LogP contribution is 2.33. The van der Waals surface area contributed by atoms with E-state index in [0.29, 0.717) is 18.0 Å². The van der Waals surface area contributed by atoms with Gasteiger partial charge in [0.1, 0.15) is 0 Å². The van der Waals surface area contributed by atoms with Gasteiger partial charge in [-0.3, -0.25) is 9.69 Å². The number of nitrogens with zero attached hydrogens (tertiary/aromatic N) is 1. The molecular formula is C16H23NO3. The number of aromatic hydroxyl groups is 2. The van der Waals surface area contributed by atoms with Crippen molar-refractivity contribution in [3.05, 3.63) is 23.8 Å². The highest BCUT2D eigenvalue weighted by molar-refractivity contribution is 5.98. The van der Waals surface area contributed by atoms with Crippen LogP contribution in [0.2, 0.25) is 0 Å². The standard InChI is InChI=1S/C16H23NO3/c1-16(2,3)12-6-7-17(9-12)10-15(20)11-4-5-13(18)14(19)8-11/h4-5,8,12,18-19H,6-7,9-10H2,1-3H3. The van der Waals surface area contributed by atoms with E-state index in [2.05, 4.69) is 25.7 Å². The molecular weight excluding hydrogens is 254 g/mol. The number of ketones is 1. The van der Waals surface area contributed by atoms with Gasteiger partial charge in [-0.25, -0.2) is 0 Å². The number of phenols is 2. The second kappa shape index (κ2) is 5.44. The minimum Gasteiger partial charge on any atom is -0.504 e. The summed E-state index contributed by atoms with van der Waals surface area (Å²) < 4.78 is 0. The van der Waals surface area contributed by atoms with Crippen molar-refractivity contribution in [2.75, 3.05) is 19.6 Å². The molecule has 1 heterocycles. The first-order chi connectivity index (χ1) is 9.27. The molecule has 1 aromatic rings. The van der Waals surface area contributed by atoms with Gasteiger partial charge < -0.3 is 10.2 Å². The van der Waals surface area contributed by atoms with Gasteiger partial charge in [-0.05, 0) is 42.5 Å². The van der Waals surface area contributed by atoms with Crippen LogP contribution in [0, 0.1) is 11.3 Å². The molecule has 0 saturated carbocycles. The van der Waals surface area contributed by atoms with Crippen LogP contribution in [0.15, 0.2) is 18.2 Å². The highest BCUT2D eigenvalue weighted by Gasteiger charge is 2.32. The van der Waals surface area contributed by atoms with Gasteiger partial charge in [-0.1, -0.05) is 20.8 Å². The Bertz CT molecular complexity index is 505. The fourth-order valence-electron chi connectivity index (χ4n) is 2.67. The molecule has 20 heavy (non-hydrogen) atoms. The van der Waals surface area contributed by atoms with E-state index < -0.39 is 0 Å². The molecule has 2 N–H and O–H groups in total. The van der Waals surface area contributed by atoms with Crippen LogP contribution in [0.3, 0.4) is 0 Å². The van der Waals surface area contributed by atoms with Gasteiger partial charge in [-0.15, -0.1) is 0 Å². The maximum atomic E-state index is 12.2. The second-order valence-electron chi connectivity index (χ2n) is 6.71.